The van der Waals surface area contributed by atoms with Gasteiger partial charge in [-0.15, -0.1) is 0 Å². The highest BCUT2D eigenvalue weighted by Crippen LogP contribution is 2.38. The van der Waals surface area contributed by atoms with E-state index in [-0.39, 0.29) is 24.2 Å². The Balaban J connectivity index is 1.95. The van der Waals surface area contributed by atoms with Gasteiger partial charge in [-0.05, 0) is 24.3 Å². The van der Waals surface area contributed by atoms with Gasteiger partial charge < -0.3 is 0 Å². The second-order valence-corrected chi connectivity index (χ2v) is 6.12. The minimum atomic E-state index is -3.18. The minimum Gasteiger partial charge on any atom is -0.299 e. The summed E-state index contributed by atoms with van der Waals surface area (Å²) in [6.07, 6.45) is 7.03. The number of nitro groups is 2. The van der Waals surface area contributed by atoms with Crippen molar-refractivity contribution < 1.29 is 23.5 Å². The van der Waals surface area contributed by atoms with Gasteiger partial charge in [0, 0.05) is 25.0 Å². The molecule has 0 saturated carbocycles. The van der Waals surface area contributed by atoms with Gasteiger partial charge in [-0.25, -0.2) is 0 Å². The van der Waals surface area contributed by atoms with E-state index < -0.39 is 29.6 Å². The first-order valence-electron chi connectivity index (χ1n) is 6.70. The first-order chi connectivity index (χ1) is 11.1. The lowest BCUT2D eigenvalue weighted by atomic mass is 10.0. The van der Waals surface area contributed by atoms with Crippen molar-refractivity contribution in [3.05, 3.63) is 68.1 Å². The highest BCUT2D eigenvalue weighted by atomic mass is 31.1. The monoisotopic (exact) mass is 358 g/mol. The predicted molar refractivity (Wildman–Crippen MR) is 82.7 cm³/mol. The summed E-state index contributed by atoms with van der Waals surface area (Å²) in [7, 11) is -3.18. The summed E-state index contributed by atoms with van der Waals surface area (Å²) in [5.74, 6) is 0. The van der Waals surface area contributed by atoms with E-state index in [9.17, 15) is 24.8 Å². The molecule has 11 nitrogen and oxygen atoms in total. The molecular formula is C12H15N4O7P. The Labute approximate surface area is 136 Å². The largest absolute Gasteiger partial charge is 0.323 e. The number of hydrogen-bond acceptors (Lipinski definition) is 9. The average molecular weight is 358 g/mol. The van der Waals surface area contributed by atoms with Crippen LogP contribution in [0.3, 0.4) is 0 Å². The molecule has 4 N–H and O–H groups in total. The van der Waals surface area contributed by atoms with Crippen LogP contribution in [-0.2, 0) is 13.6 Å². The maximum absolute atomic E-state index is 12.0. The molecule has 130 valence electrons. The Morgan fingerprint density at radius 3 is 1.58 bits per heavy atom. The van der Waals surface area contributed by atoms with Gasteiger partial charge in [0.15, 0.2) is 0 Å². The highest BCUT2D eigenvalue weighted by molar-refractivity contribution is 7.33. The van der Waals surface area contributed by atoms with Crippen LogP contribution in [0, 0.1) is 20.2 Å². The van der Waals surface area contributed by atoms with Crippen LogP contribution in [0.4, 0.5) is 0 Å². The molecule has 0 aliphatic heterocycles. The van der Waals surface area contributed by atoms with Gasteiger partial charge in [0.2, 0.25) is 0 Å². The van der Waals surface area contributed by atoms with Crippen LogP contribution in [0.1, 0.15) is 12.8 Å². The molecule has 2 aliphatic carbocycles. The zero-order chi connectivity index (χ0) is 18.0. The molecule has 2 atom stereocenters. The first-order valence-corrected chi connectivity index (χ1v) is 7.92. The molecule has 0 heterocycles. The van der Waals surface area contributed by atoms with Crippen LogP contribution in [0.15, 0.2) is 47.9 Å². The van der Waals surface area contributed by atoms with E-state index in [0.717, 1.165) is 12.2 Å². The lowest BCUT2D eigenvalue weighted by molar-refractivity contribution is -0.419. The molecule has 0 amide bonds. The Bertz CT molecular complexity index is 658. The van der Waals surface area contributed by atoms with Crippen molar-refractivity contribution in [3.8, 4) is 0 Å². The Morgan fingerprint density at radius 1 is 0.958 bits per heavy atom. The van der Waals surface area contributed by atoms with E-state index in [1.165, 1.54) is 24.3 Å². The molecule has 0 bridgehead atoms. The lowest BCUT2D eigenvalue weighted by Crippen LogP contribution is -2.42. The summed E-state index contributed by atoms with van der Waals surface area (Å²) < 4.78 is 22.3. The van der Waals surface area contributed by atoms with Gasteiger partial charge in [-0.1, -0.05) is 0 Å². The fourth-order valence-electron chi connectivity index (χ4n) is 2.01. The zero-order valence-electron chi connectivity index (χ0n) is 12.3. The number of nitrogens with zero attached hydrogens (tertiary/aromatic N) is 2. The van der Waals surface area contributed by atoms with Crippen molar-refractivity contribution in [2.45, 2.75) is 24.3 Å². The summed E-state index contributed by atoms with van der Waals surface area (Å²) in [6.45, 7) is 0. The maximum Gasteiger partial charge on any atom is 0.323 e. The van der Waals surface area contributed by atoms with Gasteiger partial charge in [0.1, 0.15) is 11.4 Å². The van der Waals surface area contributed by atoms with Crippen molar-refractivity contribution in [1.29, 1.82) is 0 Å². The van der Waals surface area contributed by atoms with Crippen LogP contribution in [0.2, 0.25) is 0 Å². The zero-order valence-corrected chi connectivity index (χ0v) is 13.3. The molecule has 12 heteroatoms. The van der Waals surface area contributed by atoms with E-state index in [1.807, 2.05) is 0 Å². The van der Waals surface area contributed by atoms with Gasteiger partial charge in [0.05, 0.1) is 9.85 Å². The normalized spacial score (nSPS) is 30.4. The topological polar surface area (TPSA) is 174 Å². The smallest absolute Gasteiger partial charge is 0.299 e. The van der Waals surface area contributed by atoms with Crippen LogP contribution in [-0.4, -0.2) is 21.3 Å². The number of nitrogens with two attached hydrogens (primary N) is 2. The second-order valence-electron chi connectivity index (χ2n) is 5.21. The number of allylic oxidation sites excluding steroid dienone is 2. The molecule has 0 aromatic rings. The molecule has 0 spiro atoms. The number of hydrogen-bond donors (Lipinski definition) is 2. The molecule has 0 fully saturated rings. The molecule has 2 aliphatic rings. The van der Waals surface area contributed by atoms with Crippen LogP contribution < -0.4 is 11.5 Å². The Morgan fingerprint density at radius 2 is 1.33 bits per heavy atom. The highest BCUT2D eigenvalue weighted by Gasteiger charge is 2.34. The summed E-state index contributed by atoms with van der Waals surface area (Å²) in [5, 5.41) is 21.2. The third kappa shape index (κ3) is 4.43. The predicted octanol–water partition coefficient (Wildman–Crippen LogP) is 0.960. The molecule has 0 radical (unpaired) electrons. The van der Waals surface area contributed by atoms with Crippen molar-refractivity contribution in [2.24, 2.45) is 11.5 Å². The third-order valence-corrected chi connectivity index (χ3v) is 4.39. The Kier molecular flexibility index (Phi) is 5.11. The van der Waals surface area contributed by atoms with Crippen molar-refractivity contribution >= 4 is 8.25 Å². The first kappa shape index (κ1) is 18.2. The van der Waals surface area contributed by atoms with Crippen molar-refractivity contribution in [3.63, 3.8) is 0 Å². The van der Waals surface area contributed by atoms with E-state index in [1.54, 1.807) is 0 Å². The number of rotatable bonds is 6. The van der Waals surface area contributed by atoms with Crippen LogP contribution in [0.5, 0.6) is 0 Å². The van der Waals surface area contributed by atoms with E-state index in [4.69, 9.17) is 20.5 Å². The van der Waals surface area contributed by atoms with Gasteiger partial charge in [-0.3, -0.25) is 45.3 Å². The van der Waals surface area contributed by atoms with E-state index >= 15 is 0 Å². The summed E-state index contributed by atoms with van der Waals surface area (Å²) in [5.41, 5.74) is 8.34. The van der Waals surface area contributed by atoms with Crippen molar-refractivity contribution in [1.82, 2.24) is 0 Å². The van der Waals surface area contributed by atoms with Crippen LogP contribution in [0.25, 0.3) is 0 Å². The van der Waals surface area contributed by atoms with Gasteiger partial charge in [0.25, 0.3) is 11.4 Å². The molecular weight excluding hydrogens is 343 g/mol. The molecule has 24 heavy (non-hydrogen) atoms. The van der Waals surface area contributed by atoms with Crippen LogP contribution >= 0.6 is 8.25 Å². The minimum absolute atomic E-state index is 0.0711. The fourth-order valence-corrected chi connectivity index (χ4v) is 2.97. The lowest BCUT2D eigenvalue weighted by Gasteiger charge is -2.30. The molecule has 0 aromatic heterocycles. The maximum atomic E-state index is 12.0. The van der Waals surface area contributed by atoms with E-state index in [0.29, 0.717) is 0 Å². The fraction of sp³-hybridized carbons (Fsp3) is 0.333. The van der Waals surface area contributed by atoms with Gasteiger partial charge in [-0.2, -0.15) is 0 Å². The molecule has 2 unspecified atom stereocenters. The third-order valence-electron chi connectivity index (χ3n) is 3.30. The summed E-state index contributed by atoms with van der Waals surface area (Å²) >= 11 is 0. The standard InChI is InChI=1S/C12H15N4O7P/c13-11(5-1-9(2-6-11)15(17)18)22-24(21)23-12(14)7-3-10(4-8-12)16(19)20/h1-5,7,24H,6,8,13-14H2. The second kappa shape index (κ2) is 6.75. The van der Waals surface area contributed by atoms with E-state index in [2.05, 4.69) is 0 Å². The SMILES string of the molecule is NC1(O[PH](=O)OC2(N)C=CC([N+](=O)[O-])=CC2)C=CC([N+](=O)[O-])=CC1. The molecule has 2 rings (SSSR count). The quantitative estimate of drug-likeness (QED) is 0.303. The Hall–Kier alpha value is -2.17. The summed E-state index contributed by atoms with van der Waals surface area (Å²) in [6, 6.07) is 0. The summed E-state index contributed by atoms with van der Waals surface area (Å²) in [4.78, 5) is 20.1. The molecule has 0 saturated heterocycles. The molecule has 0 aromatic carbocycles. The van der Waals surface area contributed by atoms with Crippen molar-refractivity contribution in [2.75, 3.05) is 0 Å². The average Bonchev–Trinajstić information content (AvgIpc) is 2.46. The van der Waals surface area contributed by atoms with Gasteiger partial charge >= 0.3 is 8.25 Å².